The fourth-order valence-electron chi connectivity index (χ4n) is 1.61. The van der Waals surface area contributed by atoms with Crippen LogP contribution in [0.5, 0.6) is 0 Å². The zero-order valence-corrected chi connectivity index (χ0v) is 11.9. The summed E-state index contributed by atoms with van der Waals surface area (Å²) in [4.78, 5) is 11.1. The van der Waals surface area contributed by atoms with Crippen LogP contribution in [0, 0.1) is 5.92 Å². The minimum Gasteiger partial charge on any atom is -0.478 e. The van der Waals surface area contributed by atoms with Gasteiger partial charge in [0.1, 0.15) is 0 Å². The number of benzene rings is 1. The number of carbonyl (C=O) groups is 1. The van der Waals surface area contributed by atoms with E-state index < -0.39 is 5.97 Å². The van der Waals surface area contributed by atoms with E-state index in [4.69, 9.17) is 10.2 Å². The Bertz CT molecular complexity index is 409. The molecule has 0 aromatic heterocycles. The fourth-order valence-corrected chi connectivity index (χ4v) is 1.97. The van der Waals surface area contributed by atoms with Gasteiger partial charge in [0.15, 0.2) is 0 Å². The van der Waals surface area contributed by atoms with Gasteiger partial charge in [-0.1, -0.05) is 22.9 Å². The molecule has 0 aliphatic heterocycles. The van der Waals surface area contributed by atoms with Crippen LogP contribution < -0.4 is 5.32 Å². The van der Waals surface area contributed by atoms with Crippen LogP contribution in [0.25, 0.3) is 0 Å². The monoisotopic (exact) mass is 315 g/mol. The van der Waals surface area contributed by atoms with Gasteiger partial charge in [-0.05, 0) is 37.0 Å². The summed E-state index contributed by atoms with van der Waals surface area (Å²) in [5, 5.41) is 21.1. The molecule has 0 saturated heterocycles. The van der Waals surface area contributed by atoms with Crippen LogP contribution in [0.2, 0.25) is 0 Å². The van der Waals surface area contributed by atoms with Crippen LogP contribution in [0.3, 0.4) is 0 Å². The number of hydrogen-bond donors (Lipinski definition) is 3. The number of carboxylic acids is 1. The third-order valence-electron chi connectivity index (χ3n) is 2.71. The molecule has 0 aliphatic carbocycles. The zero-order valence-electron chi connectivity index (χ0n) is 10.3. The number of halogens is 1. The highest BCUT2D eigenvalue weighted by Crippen LogP contribution is 2.21. The predicted molar refractivity (Wildman–Crippen MR) is 75.1 cm³/mol. The van der Waals surface area contributed by atoms with Crippen molar-refractivity contribution in [2.75, 3.05) is 18.5 Å². The average molecular weight is 316 g/mol. The summed E-state index contributed by atoms with van der Waals surface area (Å²) in [6.07, 6.45) is 1.82. The molecule has 1 rings (SSSR count). The van der Waals surface area contributed by atoms with Gasteiger partial charge in [0.25, 0.3) is 0 Å². The van der Waals surface area contributed by atoms with Crippen molar-refractivity contribution in [3.63, 3.8) is 0 Å². The normalized spacial score (nSPS) is 12.2. The van der Waals surface area contributed by atoms with Gasteiger partial charge in [0.2, 0.25) is 0 Å². The number of anilines is 1. The molecule has 0 amide bonds. The first-order chi connectivity index (χ1) is 8.54. The summed E-state index contributed by atoms with van der Waals surface area (Å²) < 4.78 is 0.749. The highest BCUT2D eigenvalue weighted by atomic mass is 79.9. The number of carboxylic acid groups (broad SMARTS) is 1. The Morgan fingerprint density at radius 2 is 2.22 bits per heavy atom. The second-order valence-corrected chi connectivity index (χ2v) is 5.27. The van der Waals surface area contributed by atoms with Crippen LogP contribution in [0.4, 0.5) is 5.69 Å². The van der Waals surface area contributed by atoms with E-state index in [2.05, 4.69) is 21.2 Å². The van der Waals surface area contributed by atoms with Crippen molar-refractivity contribution in [1.82, 2.24) is 0 Å². The second-order valence-electron chi connectivity index (χ2n) is 4.35. The Morgan fingerprint density at radius 1 is 1.50 bits per heavy atom. The summed E-state index contributed by atoms with van der Waals surface area (Å²) in [7, 11) is 0. The molecule has 0 heterocycles. The first-order valence-electron chi connectivity index (χ1n) is 5.92. The first kappa shape index (κ1) is 15.0. The molecular formula is C13H18BrNO3. The Balaban J connectivity index is 2.54. The molecule has 4 nitrogen and oxygen atoms in total. The summed E-state index contributed by atoms with van der Waals surface area (Å²) in [5.74, 6) is -0.654. The number of aliphatic hydroxyl groups is 1. The standard InChI is InChI=1S/C13H18BrNO3/c1-9(8-16)3-2-6-15-12-5-4-10(14)7-11(12)13(17)18/h4-5,7,9,15-16H,2-3,6,8H2,1H3,(H,17,18). The highest BCUT2D eigenvalue weighted by molar-refractivity contribution is 9.10. The SMILES string of the molecule is CC(CO)CCCNc1ccc(Br)cc1C(=O)O. The predicted octanol–water partition coefficient (Wildman–Crippen LogP) is 2.97. The third kappa shape index (κ3) is 4.66. The van der Waals surface area contributed by atoms with Gasteiger partial charge in [-0.15, -0.1) is 0 Å². The van der Waals surface area contributed by atoms with Gasteiger partial charge < -0.3 is 15.5 Å². The maximum Gasteiger partial charge on any atom is 0.337 e. The summed E-state index contributed by atoms with van der Waals surface area (Å²) >= 11 is 3.26. The van der Waals surface area contributed by atoms with E-state index in [1.54, 1.807) is 12.1 Å². The third-order valence-corrected chi connectivity index (χ3v) is 3.21. The molecular weight excluding hydrogens is 298 g/mol. The lowest BCUT2D eigenvalue weighted by Gasteiger charge is -2.11. The second kappa shape index (κ2) is 7.38. The lowest BCUT2D eigenvalue weighted by Crippen LogP contribution is -2.09. The zero-order chi connectivity index (χ0) is 13.5. The van der Waals surface area contributed by atoms with Crippen molar-refractivity contribution in [3.8, 4) is 0 Å². The summed E-state index contributed by atoms with van der Waals surface area (Å²) in [5.41, 5.74) is 0.891. The van der Waals surface area contributed by atoms with E-state index in [0.29, 0.717) is 12.2 Å². The Morgan fingerprint density at radius 3 is 2.83 bits per heavy atom. The van der Waals surface area contributed by atoms with Crippen LogP contribution in [0.1, 0.15) is 30.1 Å². The lowest BCUT2D eigenvalue weighted by molar-refractivity contribution is 0.0698. The Labute approximate surface area is 115 Å². The van der Waals surface area contributed by atoms with Gasteiger partial charge in [0.05, 0.1) is 5.56 Å². The van der Waals surface area contributed by atoms with Crippen LogP contribution in [0.15, 0.2) is 22.7 Å². The fraction of sp³-hybridized carbons (Fsp3) is 0.462. The van der Waals surface area contributed by atoms with Crippen molar-refractivity contribution in [3.05, 3.63) is 28.2 Å². The lowest BCUT2D eigenvalue weighted by atomic mass is 10.1. The number of hydrogen-bond acceptors (Lipinski definition) is 3. The molecule has 1 atom stereocenters. The molecule has 1 aromatic rings. The van der Waals surface area contributed by atoms with Gasteiger partial charge in [-0.25, -0.2) is 4.79 Å². The van der Waals surface area contributed by atoms with E-state index in [9.17, 15) is 4.79 Å². The van der Waals surface area contributed by atoms with Crippen molar-refractivity contribution in [1.29, 1.82) is 0 Å². The summed E-state index contributed by atoms with van der Waals surface area (Å²) in [6.45, 7) is 2.88. The maximum absolute atomic E-state index is 11.1. The van der Waals surface area contributed by atoms with Crippen molar-refractivity contribution in [2.24, 2.45) is 5.92 Å². The molecule has 0 aliphatic rings. The van der Waals surface area contributed by atoms with Crippen molar-refractivity contribution in [2.45, 2.75) is 19.8 Å². The van der Waals surface area contributed by atoms with E-state index in [0.717, 1.165) is 17.3 Å². The van der Waals surface area contributed by atoms with Crippen LogP contribution in [-0.4, -0.2) is 29.3 Å². The molecule has 0 bridgehead atoms. The smallest absolute Gasteiger partial charge is 0.337 e. The van der Waals surface area contributed by atoms with Gasteiger partial charge in [0, 0.05) is 23.3 Å². The molecule has 5 heteroatoms. The Hall–Kier alpha value is -1.07. The topological polar surface area (TPSA) is 69.6 Å². The minimum absolute atomic E-state index is 0.193. The van der Waals surface area contributed by atoms with E-state index in [1.165, 1.54) is 0 Å². The van der Waals surface area contributed by atoms with E-state index in [-0.39, 0.29) is 18.1 Å². The number of nitrogens with one attached hydrogen (secondary N) is 1. The number of rotatable bonds is 7. The quantitative estimate of drug-likeness (QED) is 0.677. The molecule has 1 unspecified atom stereocenters. The molecule has 0 saturated carbocycles. The van der Waals surface area contributed by atoms with Crippen molar-refractivity contribution < 1.29 is 15.0 Å². The Kier molecular flexibility index (Phi) is 6.15. The van der Waals surface area contributed by atoms with E-state index >= 15 is 0 Å². The van der Waals surface area contributed by atoms with E-state index in [1.807, 2.05) is 13.0 Å². The largest absolute Gasteiger partial charge is 0.478 e. The van der Waals surface area contributed by atoms with Gasteiger partial charge in [-0.3, -0.25) is 0 Å². The van der Waals surface area contributed by atoms with Gasteiger partial charge >= 0.3 is 5.97 Å². The molecule has 3 N–H and O–H groups in total. The molecule has 0 radical (unpaired) electrons. The number of aromatic carboxylic acids is 1. The average Bonchev–Trinajstić information content (AvgIpc) is 2.35. The summed E-state index contributed by atoms with van der Waals surface area (Å²) in [6, 6.07) is 5.15. The van der Waals surface area contributed by atoms with Crippen LogP contribution in [-0.2, 0) is 0 Å². The number of aliphatic hydroxyl groups excluding tert-OH is 1. The van der Waals surface area contributed by atoms with Crippen LogP contribution >= 0.6 is 15.9 Å². The van der Waals surface area contributed by atoms with Crippen molar-refractivity contribution >= 4 is 27.6 Å². The molecule has 0 spiro atoms. The molecule has 0 fully saturated rings. The molecule has 18 heavy (non-hydrogen) atoms. The van der Waals surface area contributed by atoms with Gasteiger partial charge in [-0.2, -0.15) is 0 Å². The first-order valence-corrected chi connectivity index (χ1v) is 6.71. The molecule has 100 valence electrons. The molecule has 1 aromatic carbocycles. The maximum atomic E-state index is 11.1. The highest BCUT2D eigenvalue weighted by Gasteiger charge is 2.10. The minimum atomic E-state index is -0.942.